The van der Waals surface area contributed by atoms with Gasteiger partial charge in [-0.15, -0.1) is 11.8 Å². The first-order valence-electron chi connectivity index (χ1n) is 14.6. The SMILES string of the molecule is CCCCCN1CC=C[C@]23S[C@H]4C=CCN(c5ccccc5)C(=O)[C@H]4[C@H]2C(=O)N(CCCCCCO)C3C1=O. The van der Waals surface area contributed by atoms with Gasteiger partial charge >= 0.3 is 0 Å². The highest BCUT2D eigenvalue weighted by Gasteiger charge is 2.70. The third-order valence-electron chi connectivity index (χ3n) is 8.65. The summed E-state index contributed by atoms with van der Waals surface area (Å²) in [6.07, 6.45) is 14.7. The van der Waals surface area contributed by atoms with Crippen LogP contribution in [0.1, 0.15) is 51.9 Å². The molecule has 1 aromatic rings. The highest BCUT2D eigenvalue weighted by molar-refractivity contribution is 8.02. The van der Waals surface area contributed by atoms with Crippen LogP contribution in [0.2, 0.25) is 0 Å². The zero-order valence-corrected chi connectivity index (χ0v) is 23.7. The van der Waals surface area contributed by atoms with Crippen molar-refractivity contribution in [1.82, 2.24) is 9.80 Å². The predicted molar refractivity (Wildman–Crippen MR) is 155 cm³/mol. The van der Waals surface area contributed by atoms with E-state index in [0.29, 0.717) is 26.2 Å². The quantitative estimate of drug-likeness (QED) is 0.332. The third kappa shape index (κ3) is 5.18. The van der Waals surface area contributed by atoms with E-state index in [0.717, 1.165) is 50.6 Å². The summed E-state index contributed by atoms with van der Waals surface area (Å²) in [6.45, 7) is 4.52. The molecule has 4 aliphatic rings. The van der Waals surface area contributed by atoms with Gasteiger partial charge in [0.05, 0.1) is 16.6 Å². The number of nitrogens with zero attached hydrogens (tertiary/aromatic N) is 3. The molecule has 0 radical (unpaired) electrons. The van der Waals surface area contributed by atoms with Gasteiger partial charge in [0.2, 0.25) is 17.7 Å². The molecule has 0 aliphatic carbocycles. The zero-order valence-electron chi connectivity index (χ0n) is 22.9. The second kappa shape index (κ2) is 12.3. The predicted octanol–water partition coefficient (Wildman–Crippen LogP) is 4.03. The number of benzene rings is 1. The maximum atomic E-state index is 14.3. The van der Waals surface area contributed by atoms with Crippen LogP contribution in [0.15, 0.2) is 54.6 Å². The third-order valence-corrected chi connectivity index (χ3v) is 10.4. The number of anilines is 1. The standard InChI is InChI=1S/C31H41N3O4S/c1-2-3-9-18-32-19-13-17-31-26(29(37)34(27(31)30(32)38)20-10-4-5-11-22-35)25-24(39-31)16-12-21-33(28(25)36)23-14-7-6-8-15-23/h6-8,12-17,24-27,35H,2-5,9-11,18-22H2,1H3/t24-,25+,26-,27?,31-/m0/s1. The highest BCUT2D eigenvalue weighted by atomic mass is 32.2. The molecule has 0 bridgehead atoms. The Hall–Kier alpha value is -2.58. The molecule has 1 spiro atoms. The molecule has 1 N–H and O–H groups in total. The van der Waals surface area contributed by atoms with Crippen LogP contribution in [0, 0.1) is 11.8 Å². The number of hydrogen-bond acceptors (Lipinski definition) is 5. The molecule has 3 amide bonds. The van der Waals surface area contributed by atoms with E-state index in [1.165, 1.54) is 0 Å². The number of fused-ring (bicyclic) bond motifs is 2. The smallest absolute Gasteiger partial charge is 0.247 e. The summed E-state index contributed by atoms with van der Waals surface area (Å²) < 4.78 is -0.756. The highest BCUT2D eigenvalue weighted by Crippen LogP contribution is 2.61. The van der Waals surface area contributed by atoms with Gasteiger partial charge in [-0.25, -0.2) is 0 Å². The summed E-state index contributed by atoms with van der Waals surface area (Å²) in [5, 5.41) is 9.01. The lowest BCUT2D eigenvalue weighted by Crippen LogP contribution is -2.53. The van der Waals surface area contributed by atoms with Crippen LogP contribution in [-0.4, -0.2) is 81.5 Å². The van der Waals surface area contributed by atoms with Gasteiger partial charge in [0.15, 0.2) is 0 Å². The van der Waals surface area contributed by atoms with E-state index < -0.39 is 22.6 Å². The van der Waals surface area contributed by atoms with Crippen molar-refractivity contribution in [2.45, 2.75) is 67.9 Å². The topological polar surface area (TPSA) is 81.2 Å². The van der Waals surface area contributed by atoms with Crippen molar-refractivity contribution in [1.29, 1.82) is 0 Å². The van der Waals surface area contributed by atoms with Crippen molar-refractivity contribution < 1.29 is 19.5 Å². The van der Waals surface area contributed by atoms with E-state index in [9.17, 15) is 14.4 Å². The number of aliphatic hydroxyl groups excluding tert-OH is 1. The van der Waals surface area contributed by atoms with Crippen molar-refractivity contribution in [2.75, 3.05) is 37.7 Å². The first kappa shape index (κ1) is 28.0. The molecule has 8 heteroatoms. The van der Waals surface area contributed by atoms with Crippen molar-refractivity contribution in [3.63, 3.8) is 0 Å². The van der Waals surface area contributed by atoms with Gasteiger partial charge in [-0.1, -0.05) is 75.1 Å². The van der Waals surface area contributed by atoms with Crippen LogP contribution < -0.4 is 4.90 Å². The largest absolute Gasteiger partial charge is 0.396 e. The number of amides is 3. The monoisotopic (exact) mass is 551 g/mol. The number of rotatable bonds is 11. The van der Waals surface area contributed by atoms with Crippen LogP contribution >= 0.6 is 11.8 Å². The van der Waals surface area contributed by atoms with Crippen molar-refractivity contribution in [2.24, 2.45) is 11.8 Å². The molecule has 5 rings (SSSR count). The molecule has 4 heterocycles. The zero-order chi connectivity index (χ0) is 27.4. The fourth-order valence-corrected chi connectivity index (χ4v) is 8.77. The molecule has 4 aliphatic heterocycles. The molecule has 0 saturated carbocycles. The molecule has 7 nitrogen and oxygen atoms in total. The molecule has 5 atom stereocenters. The summed E-state index contributed by atoms with van der Waals surface area (Å²) in [7, 11) is 0. The summed E-state index contributed by atoms with van der Waals surface area (Å²) >= 11 is 1.65. The van der Waals surface area contributed by atoms with Gasteiger partial charge in [0.25, 0.3) is 0 Å². The maximum absolute atomic E-state index is 14.3. The molecule has 2 saturated heterocycles. The van der Waals surface area contributed by atoms with Crippen LogP contribution in [0.5, 0.6) is 0 Å². The molecular weight excluding hydrogens is 510 g/mol. The van der Waals surface area contributed by atoms with Gasteiger partial charge in [-0.05, 0) is 31.4 Å². The number of para-hydroxylation sites is 1. The molecule has 1 unspecified atom stereocenters. The Bertz CT molecular complexity index is 1110. The first-order chi connectivity index (χ1) is 19.0. The van der Waals surface area contributed by atoms with Crippen LogP contribution in [-0.2, 0) is 14.4 Å². The van der Waals surface area contributed by atoms with Gasteiger partial charge in [-0.2, -0.15) is 0 Å². The fraction of sp³-hybridized carbons (Fsp3) is 0.581. The van der Waals surface area contributed by atoms with Crippen molar-refractivity contribution in [3.05, 3.63) is 54.6 Å². The summed E-state index contributed by atoms with van der Waals surface area (Å²) in [5.41, 5.74) is 0.830. The average Bonchev–Trinajstić information content (AvgIpc) is 3.25. The Morgan fingerprint density at radius 1 is 0.897 bits per heavy atom. The minimum Gasteiger partial charge on any atom is -0.396 e. The number of thioether (sulfide) groups is 1. The first-order valence-corrected chi connectivity index (χ1v) is 15.5. The molecular formula is C31H41N3O4S. The minimum atomic E-state index is -0.756. The molecule has 39 heavy (non-hydrogen) atoms. The van der Waals surface area contributed by atoms with Crippen LogP contribution in [0.25, 0.3) is 0 Å². The van der Waals surface area contributed by atoms with Crippen LogP contribution in [0.4, 0.5) is 5.69 Å². The van der Waals surface area contributed by atoms with E-state index in [2.05, 4.69) is 25.2 Å². The van der Waals surface area contributed by atoms with Gasteiger partial charge in [0, 0.05) is 43.7 Å². The lowest BCUT2D eigenvalue weighted by atomic mass is 9.78. The Morgan fingerprint density at radius 2 is 1.67 bits per heavy atom. The normalized spacial score (nSPS) is 29.9. The number of hydrogen-bond donors (Lipinski definition) is 1. The van der Waals surface area contributed by atoms with E-state index in [1.807, 2.05) is 46.2 Å². The van der Waals surface area contributed by atoms with E-state index >= 15 is 0 Å². The lowest BCUT2D eigenvalue weighted by Gasteiger charge is -2.35. The molecule has 1 aromatic carbocycles. The summed E-state index contributed by atoms with van der Waals surface area (Å²) in [6, 6.07) is 9.05. The number of unbranched alkanes of at least 4 members (excludes halogenated alkanes) is 5. The summed E-state index contributed by atoms with van der Waals surface area (Å²) in [4.78, 5) is 48.3. The number of carbonyl (C=O) groups is 3. The van der Waals surface area contributed by atoms with Crippen molar-refractivity contribution >= 4 is 35.2 Å². The average molecular weight is 552 g/mol. The fourth-order valence-electron chi connectivity index (χ4n) is 6.76. The van der Waals surface area contributed by atoms with Crippen molar-refractivity contribution in [3.8, 4) is 0 Å². The maximum Gasteiger partial charge on any atom is 0.247 e. The van der Waals surface area contributed by atoms with Crippen LogP contribution in [0.3, 0.4) is 0 Å². The van der Waals surface area contributed by atoms with E-state index in [1.54, 1.807) is 16.7 Å². The minimum absolute atomic E-state index is 0.0163. The lowest BCUT2D eigenvalue weighted by molar-refractivity contribution is -0.142. The Kier molecular flexibility index (Phi) is 8.82. The molecule has 2 fully saturated rings. The molecule has 210 valence electrons. The van der Waals surface area contributed by atoms with Gasteiger partial charge in [-0.3, -0.25) is 14.4 Å². The van der Waals surface area contributed by atoms with E-state index in [4.69, 9.17) is 5.11 Å². The number of carbonyl (C=O) groups excluding carboxylic acids is 3. The Balaban J connectivity index is 1.49. The van der Waals surface area contributed by atoms with E-state index in [-0.39, 0.29) is 29.6 Å². The van der Waals surface area contributed by atoms with Gasteiger partial charge in [0.1, 0.15) is 6.04 Å². The number of likely N-dealkylation sites (tertiary alicyclic amines) is 1. The Labute approximate surface area is 236 Å². The second-order valence-electron chi connectivity index (χ2n) is 11.1. The number of aliphatic hydroxyl groups is 1. The molecule has 0 aromatic heterocycles. The second-order valence-corrected chi connectivity index (χ2v) is 12.6. The van der Waals surface area contributed by atoms with Gasteiger partial charge < -0.3 is 19.8 Å². The Morgan fingerprint density at radius 3 is 2.44 bits per heavy atom. The summed E-state index contributed by atoms with van der Waals surface area (Å²) in [5.74, 6) is -1.18.